The molecule has 1 atom stereocenters. The van der Waals surface area contributed by atoms with Gasteiger partial charge in [0.15, 0.2) is 0 Å². The minimum Gasteiger partial charge on any atom is -0.335 e. The van der Waals surface area contributed by atoms with Crippen molar-refractivity contribution >= 4 is 17.5 Å². The minimum atomic E-state index is -0.0374. The molecule has 1 aliphatic heterocycles. The summed E-state index contributed by atoms with van der Waals surface area (Å²) in [5.74, 6) is 0.495. The average Bonchev–Trinajstić information content (AvgIpc) is 2.27. The van der Waals surface area contributed by atoms with E-state index in [1.165, 1.54) is 12.5 Å². The lowest BCUT2D eigenvalue weighted by Crippen LogP contribution is -2.42. The fourth-order valence-electron chi connectivity index (χ4n) is 2.19. The Labute approximate surface area is 106 Å². The van der Waals surface area contributed by atoms with E-state index < -0.39 is 0 Å². The topological polar surface area (TPSA) is 46.1 Å². The molecule has 1 amide bonds. The van der Waals surface area contributed by atoms with Crippen LogP contribution in [0.5, 0.6) is 0 Å². The maximum absolute atomic E-state index is 12.3. The molecule has 0 radical (unpaired) electrons. The van der Waals surface area contributed by atoms with Crippen LogP contribution in [0.1, 0.15) is 42.5 Å². The van der Waals surface area contributed by atoms with Crippen molar-refractivity contribution in [2.24, 2.45) is 0 Å². The molecule has 1 aromatic rings. The van der Waals surface area contributed by atoms with Gasteiger partial charge in [0.25, 0.3) is 5.91 Å². The summed E-state index contributed by atoms with van der Waals surface area (Å²) in [6.45, 7) is 4.62. The molecule has 0 spiro atoms. The Balaban J connectivity index is 2.23. The molecule has 0 saturated carbocycles. The van der Waals surface area contributed by atoms with Crippen LogP contribution in [0.2, 0.25) is 5.15 Å². The smallest absolute Gasteiger partial charge is 0.272 e. The molecule has 1 fully saturated rings. The van der Waals surface area contributed by atoms with E-state index in [2.05, 4.69) is 16.9 Å². The number of rotatable bonds is 1. The molecule has 0 N–H and O–H groups in total. The van der Waals surface area contributed by atoms with Crippen LogP contribution in [0, 0.1) is 6.92 Å². The second-order valence-corrected chi connectivity index (χ2v) is 4.85. The van der Waals surface area contributed by atoms with Crippen molar-refractivity contribution in [2.45, 2.75) is 39.2 Å². The van der Waals surface area contributed by atoms with Crippen LogP contribution in [0.15, 0.2) is 6.07 Å². The molecular weight excluding hydrogens is 238 g/mol. The van der Waals surface area contributed by atoms with Crippen LogP contribution in [-0.4, -0.2) is 33.4 Å². The average molecular weight is 254 g/mol. The van der Waals surface area contributed by atoms with Crippen molar-refractivity contribution in [3.63, 3.8) is 0 Å². The normalized spacial score (nSPS) is 20.4. The molecule has 5 heteroatoms. The first kappa shape index (κ1) is 12.3. The molecule has 2 heterocycles. The van der Waals surface area contributed by atoms with Crippen LogP contribution in [0.25, 0.3) is 0 Å². The van der Waals surface area contributed by atoms with Crippen LogP contribution in [0.4, 0.5) is 0 Å². The van der Waals surface area contributed by atoms with Crippen molar-refractivity contribution in [2.75, 3.05) is 6.54 Å². The second-order valence-electron chi connectivity index (χ2n) is 4.47. The molecule has 0 unspecified atom stereocenters. The number of hydrogen-bond acceptors (Lipinski definition) is 3. The Morgan fingerprint density at radius 3 is 2.88 bits per heavy atom. The third-order valence-electron chi connectivity index (χ3n) is 3.09. The number of nitrogens with zero attached hydrogens (tertiary/aromatic N) is 3. The van der Waals surface area contributed by atoms with Crippen LogP contribution in [-0.2, 0) is 0 Å². The molecular formula is C12H16ClN3O. The SMILES string of the molecule is Cc1nc(Cl)cc(C(=O)N2CCCC[C@@H]2C)n1. The van der Waals surface area contributed by atoms with Gasteiger partial charge in [-0.05, 0) is 33.1 Å². The zero-order valence-electron chi connectivity index (χ0n) is 10.1. The lowest BCUT2D eigenvalue weighted by Gasteiger charge is -2.33. The summed E-state index contributed by atoms with van der Waals surface area (Å²) in [4.78, 5) is 22.3. The molecule has 0 bridgehead atoms. The molecule has 1 aromatic heterocycles. The van der Waals surface area contributed by atoms with E-state index >= 15 is 0 Å². The Morgan fingerprint density at radius 2 is 2.24 bits per heavy atom. The van der Waals surface area contributed by atoms with Crippen molar-refractivity contribution in [1.29, 1.82) is 0 Å². The minimum absolute atomic E-state index is 0.0374. The molecule has 0 aromatic carbocycles. The summed E-state index contributed by atoms with van der Waals surface area (Å²) < 4.78 is 0. The predicted molar refractivity (Wildman–Crippen MR) is 66.1 cm³/mol. The molecule has 0 aliphatic carbocycles. The van der Waals surface area contributed by atoms with Crippen molar-refractivity contribution < 1.29 is 4.79 Å². The van der Waals surface area contributed by atoms with Crippen LogP contribution in [0.3, 0.4) is 0 Å². The van der Waals surface area contributed by atoms with Gasteiger partial charge in [-0.2, -0.15) is 0 Å². The first-order chi connectivity index (χ1) is 8.08. The molecule has 92 valence electrons. The highest BCUT2D eigenvalue weighted by Crippen LogP contribution is 2.19. The maximum Gasteiger partial charge on any atom is 0.272 e. The van der Waals surface area contributed by atoms with Gasteiger partial charge < -0.3 is 4.90 Å². The largest absolute Gasteiger partial charge is 0.335 e. The number of aromatic nitrogens is 2. The Kier molecular flexibility index (Phi) is 3.62. The fraction of sp³-hybridized carbons (Fsp3) is 0.583. The van der Waals surface area contributed by atoms with Crippen LogP contribution < -0.4 is 0 Å². The van der Waals surface area contributed by atoms with Gasteiger partial charge in [-0.1, -0.05) is 11.6 Å². The summed E-state index contributed by atoms with van der Waals surface area (Å²) in [5.41, 5.74) is 0.399. The van der Waals surface area contributed by atoms with Gasteiger partial charge in [-0.3, -0.25) is 4.79 Å². The summed E-state index contributed by atoms with van der Waals surface area (Å²) in [5, 5.41) is 0.325. The van der Waals surface area contributed by atoms with Crippen LogP contribution >= 0.6 is 11.6 Å². The third kappa shape index (κ3) is 2.75. The summed E-state index contributed by atoms with van der Waals surface area (Å²) in [6, 6.07) is 1.82. The van der Waals surface area contributed by atoms with E-state index in [1.807, 2.05) is 4.90 Å². The Hall–Kier alpha value is -1.16. The monoisotopic (exact) mass is 253 g/mol. The maximum atomic E-state index is 12.3. The first-order valence-electron chi connectivity index (χ1n) is 5.90. The fourth-order valence-corrected chi connectivity index (χ4v) is 2.41. The summed E-state index contributed by atoms with van der Waals surface area (Å²) in [6.07, 6.45) is 3.31. The lowest BCUT2D eigenvalue weighted by molar-refractivity contribution is 0.0629. The molecule has 1 aliphatic rings. The van der Waals surface area contributed by atoms with E-state index in [9.17, 15) is 4.79 Å². The zero-order chi connectivity index (χ0) is 12.4. The number of halogens is 1. The third-order valence-corrected chi connectivity index (χ3v) is 3.28. The van der Waals surface area contributed by atoms with E-state index in [1.54, 1.807) is 6.92 Å². The highest BCUT2D eigenvalue weighted by molar-refractivity contribution is 6.29. The van der Waals surface area contributed by atoms with Gasteiger partial charge >= 0.3 is 0 Å². The van der Waals surface area contributed by atoms with Gasteiger partial charge in [-0.25, -0.2) is 9.97 Å². The number of aryl methyl sites for hydroxylation is 1. The summed E-state index contributed by atoms with van der Waals surface area (Å²) >= 11 is 5.85. The van der Waals surface area contributed by atoms with E-state index in [4.69, 9.17) is 11.6 Å². The highest BCUT2D eigenvalue weighted by Gasteiger charge is 2.25. The molecule has 2 rings (SSSR count). The van der Waals surface area contributed by atoms with Crippen molar-refractivity contribution in [1.82, 2.24) is 14.9 Å². The predicted octanol–water partition coefficient (Wildman–Crippen LogP) is 2.45. The lowest BCUT2D eigenvalue weighted by atomic mass is 10.0. The van der Waals surface area contributed by atoms with E-state index in [0.717, 1.165) is 19.4 Å². The van der Waals surface area contributed by atoms with Gasteiger partial charge in [0, 0.05) is 18.7 Å². The summed E-state index contributed by atoms with van der Waals surface area (Å²) in [7, 11) is 0. The standard InChI is InChI=1S/C12H16ClN3O/c1-8-5-3-4-6-16(8)12(17)10-7-11(13)15-9(2)14-10/h7-8H,3-6H2,1-2H3/t8-/m0/s1. The van der Waals surface area contributed by atoms with Gasteiger partial charge in [0.05, 0.1) is 0 Å². The Bertz CT molecular complexity index is 416. The Morgan fingerprint density at radius 1 is 1.47 bits per heavy atom. The van der Waals surface area contributed by atoms with Gasteiger partial charge in [-0.15, -0.1) is 0 Å². The second kappa shape index (κ2) is 5.00. The van der Waals surface area contributed by atoms with Gasteiger partial charge in [0.1, 0.15) is 16.7 Å². The van der Waals surface area contributed by atoms with Crippen molar-refractivity contribution in [3.05, 3.63) is 22.7 Å². The zero-order valence-corrected chi connectivity index (χ0v) is 10.9. The number of amides is 1. The molecule has 17 heavy (non-hydrogen) atoms. The van der Waals surface area contributed by atoms with Crippen molar-refractivity contribution in [3.8, 4) is 0 Å². The van der Waals surface area contributed by atoms with E-state index in [0.29, 0.717) is 16.7 Å². The molecule has 1 saturated heterocycles. The highest BCUT2D eigenvalue weighted by atomic mass is 35.5. The number of hydrogen-bond donors (Lipinski definition) is 0. The number of piperidine rings is 1. The van der Waals surface area contributed by atoms with E-state index in [-0.39, 0.29) is 11.9 Å². The molecule has 4 nitrogen and oxygen atoms in total. The first-order valence-corrected chi connectivity index (χ1v) is 6.28. The number of carbonyl (C=O) groups excluding carboxylic acids is 1. The number of carbonyl (C=O) groups is 1. The number of likely N-dealkylation sites (tertiary alicyclic amines) is 1. The van der Waals surface area contributed by atoms with Gasteiger partial charge in [0.2, 0.25) is 0 Å². The quantitative estimate of drug-likeness (QED) is 0.723.